The van der Waals surface area contributed by atoms with Gasteiger partial charge in [-0.2, -0.15) is 13.8 Å². The highest BCUT2D eigenvalue weighted by molar-refractivity contribution is 6.02. The fraction of sp³-hybridized carbons (Fsp3) is 0.545. The predicted molar refractivity (Wildman–Crippen MR) is 234 cm³/mol. The number of alkyl halides is 2. The molecule has 350 valence electrons. The van der Waals surface area contributed by atoms with E-state index in [1.807, 2.05) is 4.90 Å². The number of hydrazine groups is 1. The van der Waals surface area contributed by atoms with E-state index < -0.39 is 47.9 Å². The fourth-order valence-corrected chi connectivity index (χ4v) is 9.45. The van der Waals surface area contributed by atoms with E-state index in [-0.39, 0.29) is 52.8 Å². The highest BCUT2D eigenvalue weighted by atomic mass is 19.3. The number of benzene rings is 2. The Morgan fingerprint density at radius 3 is 2.35 bits per heavy atom. The van der Waals surface area contributed by atoms with Crippen molar-refractivity contribution in [1.29, 1.82) is 0 Å². The highest BCUT2D eigenvalue weighted by Crippen LogP contribution is 2.41. The summed E-state index contributed by atoms with van der Waals surface area (Å²) in [5.74, 6) is -7.03. The first-order valence-corrected chi connectivity index (χ1v) is 22.2. The van der Waals surface area contributed by atoms with E-state index in [4.69, 9.17) is 9.47 Å². The lowest BCUT2D eigenvalue weighted by atomic mass is 9.94. The zero-order valence-electron chi connectivity index (χ0n) is 36.7. The van der Waals surface area contributed by atoms with Crippen LogP contribution in [0.15, 0.2) is 30.5 Å². The molecule has 4 amide bonds. The van der Waals surface area contributed by atoms with Gasteiger partial charge in [-0.3, -0.25) is 34.8 Å². The second-order valence-corrected chi connectivity index (χ2v) is 17.3. The van der Waals surface area contributed by atoms with Gasteiger partial charge in [0, 0.05) is 70.9 Å². The molecule has 5 aliphatic rings. The zero-order chi connectivity index (χ0) is 46.0. The number of piperazine rings is 1. The van der Waals surface area contributed by atoms with Crippen molar-refractivity contribution in [3.05, 3.63) is 47.7 Å². The Bertz CT molecular complexity index is 2290. The molecule has 0 radical (unpaired) electrons. The summed E-state index contributed by atoms with van der Waals surface area (Å²) in [6, 6.07) is 4.86. The maximum atomic E-state index is 16.0. The SMILES string of the molecule is COc1cc(N2CCN(CCC3CCN(NC(=O)c4ccc(Nc5ncc6c(n5)N(C5CCCC5)CC(F)(F)C(=O)N6C)c(OC)c4F)CC3)CC2)c(F)cc1NC1CCC(=O)NC1=O. The number of amides is 4. The maximum Gasteiger partial charge on any atom is 0.342 e. The van der Waals surface area contributed by atoms with Crippen molar-refractivity contribution < 1.29 is 46.2 Å². The van der Waals surface area contributed by atoms with Crippen LogP contribution in [0.2, 0.25) is 0 Å². The van der Waals surface area contributed by atoms with Gasteiger partial charge in [0.15, 0.2) is 17.4 Å². The van der Waals surface area contributed by atoms with Crippen LogP contribution in [0, 0.1) is 17.6 Å². The van der Waals surface area contributed by atoms with Crippen molar-refractivity contribution in [2.24, 2.45) is 5.92 Å². The second-order valence-electron chi connectivity index (χ2n) is 17.3. The van der Waals surface area contributed by atoms with E-state index >= 15 is 17.6 Å². The average Bonchev–Trinajstić information content (AvgIpc) is 3.82. The number of piperidine rings is 2. The van der Waals surface area contributed by atoms with Crippen LogP contribution in [0.25, 0.3) is 0 Å². The molecule has 17 nitrogen and oxygen atoms in total. The number of fused-ring (bicyclic) bond motifs is 1. The highest BCUT2D eigenvalue weighted by Gasteiger charge is 2.49. The van der Waals surface area contributed by atoms with Gasteiger partial charge in [-0.05, 0) is 63.1 Å². The van der Waals surface area contributed by atoms with Gasteiger partial charge >= 0.3 is 5.92 Å². The topological polar surface area (TPSA) is 177 Å². The number of anilines is 6. The Kier molecular flexibility index (Phi) is 13.5. The molecule has 8 rings (SSSR count). The van der Waals surface area contributed by atoms with E-state index in [0.717, 1.165) is 56.6 Å². The molecule has 5 heterocycles. The van der Waals surface area contributed by atoms with Crippen LogP contribution in [-0.4, -0.2) is 135 Å². The molecule has 1 aliphatic carbocycles. The van der Waals surface area contributed by atoms with Gasteiger partial charge in [-0.15, -0.1) is 0 Å². The molecule has 4 aliphatic heterocycles. The monoisotopic (exact) mass is 909 g/mol. The second kappa shape index (κ2) is 19.3. The lowest BCUT2D eigenvalue weighted by molar-refractivity contribution is -0.140. The fourth-order valence-electron chi connectivity index (χ4n) is 9.45. The molecule has 4 fully saturated rings. The van der Waals surface area contributed by atoms with Gasteiger partial charge in [0.05, 0.1) is 49.6 Å². The molecule has 1 aromatic heterocycles. The smallest absolute Gasteiger partial charge is 0.342 e. The van der Waals surface area contributed by atoms with Gasteiger partial charge in [0.2, 0.25) is 17.8 Å². The lowest BCUT2D eigenvalue weighted by Gasteiger charge is -2.38. The van der Waals surface area contributed by atoms with Crippen LogP contribution in [0.1, 0.15) is 68.1 Å². The number of carbonyl (C=O) groups excluding carboxylic acids is 4. The molecule has 65 heavy (non-hydrogen) atoms. The van der Waals surface area contributed by atoms with E-state index in [2.05, 4.69) is 36.2 Å². The van der Waals surface area contributed by atoms with Crippen LogP contribution in [0.4, 0.5) is 52.1 Å². The van der Waals surface area contributed by atoms with Gasteiger partial charge in [-0.1, -0.05) is 12.8 Å². The number of hydrogen-bond acceptors (Lipinski definition) is 14. The third kappa shape index (κ3) is 9.85. The molecule has 0 bridgehead atoms. The molecule has 1 saturated carbocycles. The van der Waals surface area contributed by atoms with Gasteiger partial charge in [0.1, 0.15) is 23.3 Å². The first kappa shape index (κ1) is 45.6. The first-order valence-electron chi connectivity index (χ1n) is 22.2. The predicted octanol–water partition coefficient (Wildman–Crippen LogP) is 4.66. The number of carbonyl (C=O) groups is 4. The number of imide groups is 1. The summed E-state index contributed by atoms with van der Waals surface area (Å²) < 4.78 is 72.4. The van der Waals surface area contributed by atoms with Crippen LogP contribution in [-0.2, 0) is 14.4 Å². The molecule has 3 saturated heterocycles. The molecule has 21 heteroatoms. The van der Waals surface area contributed by atoms with Crippen molar-refractivity contribution in [3.63, 3.8) is 0 Å². The number of rotatable bonds is 13. The number of hydrogen-bond donors (Lipinski definition) is 4. The minimum absolute atomic E-state index is 0.0283. The normalized spacial score (nSPS) is 21.2. The average molecular weight is 910 g/mol. The third-order valence-corrected chi connectivity index (χ3v) is 13.2. The quantitative estimate of drug-likeness (QED) is 0.138. The number of nitrogens with zero attached hydrogens (tertiary/aromatic N) is 7. The Morgan fingerprint density at radius 1 is 0.923 bits per heavy atom. The molecule has 1 unspecified atom stereocenters. The summed E-state index contributed by atoms with van der Waals surface area (Å²) in [5, 5.41) is 10.0. The minimum atomic E-state index is -3.64. The van der Waals surface area contributed by atoms with Crippen LogP contribution in [0.3, 0.4) is 0 Å². The van der Waals surface area contributed by atoms with Crippen molar-refractivity contribution in [3.8, 4) is 11.5 Å². The standard InChI is InChI=1S/C44H55F4N11O6/c1-55-34-24-49-43(53-39(34)59(27-6-4-5-7-27)25-44(47,48)42(55)63)51-30-9-8-28(37(46)38(30)65-3)40(61)54-58-16-13-26(14-17-58)12-15-56-18-20-57(21-19-56)33-23-35(64-2)32(22-29(33)45)50-31-10-11-36(60)52-41(31)62/h8-9,22-24,26-27,31,50H,4-7,10-21,25H2,1-3H3,(H,54,61)(H,49,51,53)(H,52,60,62). The largest absolute Gasteiger partial charge is 0.495 e. The Morgan fingerprint density at radius 2 is 1.66 bits per heavy atom. The number of aromatic nitrogens is 2. The first-order chi connectivity index (χ1) is 31.2. The summed E-state index contributed by atoms with van der Waals surface area (Å²) in [6.07, 6.45) is 7.51. The summed E-state index contributed by atoms with van der Waals surface area (Å²) in [6.45, 7) is 3.95. The summed E-state index contributed by atoms with van der Waals surface area (Å²) >= 11 is 0. The van der Waals surface area contributed by atoms with Gasteiger partial charge in [0.25, 0.3) is 11.8 Å². The molecule has 3 aromatic rings. The van der Waals surface area contributed by atoms with E-state index in [0.29, 0.717) is 68.5 Å². The Hall–Kier alpha value is -5.96. The molecule has 4 N–H and O–H groups in total. The van der Waals surface area contributed by atoms with Crippen LogP contribution >= 0.6 is 0 Å². The zero-order valence-corrected chi connectivity index (χ0v) is 36.7. The van der Waals surface area contributed by atoms with Crippen LogP contribution < -0.4 is 45.5 Å². The van der Waals surface area contributed by atoms with Crippen molar-refractivity contribution in [2.75, 3.05) is 99.0 Å². The molecular weight excluding hydrogens is 855 g/mol. The molecule has 0 spiro atoms. The number of halogens is 4. The Balaban J connectivity index is 0.816. The number of ether oxygens (including phenoxy) is 2. The van der Waals surface area contributed by atoms with E-state index in [1.54, 1.807) is 11.1 Å². The van der Waals surface area contributed by atoms with Crippen molar-refractivity contribution >= 4 is 58.1 Å². The summed E-state index contributed by atoms with van der Waals surface area (Å²) in [5.41, 5.74) is 3.62. The lowest BCUT2D eigenvalue weighted by Crippen LogP contribution is -2.48. The van der Waals surface area contributed by atoms with Crippen molar-refractivity contribution in [1.82, 2.24) is 30.6 Å². The number of nitrogens with one attached hydrogen (secondary N) is 4. The molecular formula is C44H55F4N11O6. The minimum Gasteiger partial charge on any atom is -0.495 e. The Labute approximate surface area is 374 Å². The number of methoxy groups -OCH3 is 2. The summed E-state index contributed by atoms with van der Waals surface area (Å²) in [4.78, 5) is 65.4. The van der Waals surface area contributed by atoms with Crippen LogP contribution in [0.5, 0.6) is 11.5 Å². The molecule has 2 aromatic carbocycles. The maximum absolute atomic E-state index is 16.0. The van der Waals surface area contributed by atoms with Gasteiger partial charge in [-0.25, -0.2) is 18.8 Å². The third-order valence-electron chi connectivity index (χ3n) is 13.2. The summed E-state index contributed by atoms with van der Waals surface area (Å²) in [7, 11) is 4.02. The molecule has 1 atom stereocenters. The van der Waals surface area contributed by atoms with Crippen molar-refractivity contribution in [2.45, 2.75) is 75.8 Å². The van der Waals surface area contributed by atoms with E-state index in [9.17, 15) is 19.2 Å². The van der Waals surface area contributed by atoms with Gasteiger partial charge < -0.3 is 34.8 Å². The van der Waals surface area contributed by atoms with E-state index in [1.165, 1.54) is 50.6 Å².